The van der Waals surface area contributed by atoms with Crippen LogP contribution in [0.1, 0.15) is 41.1 Å². The number of hydrogen-bond donors (Lipinski definition) is 0. The zero-order valence-corrected chi connectivity index (χ0v) is 22.6. The minimum Gasteiger partial charge on any atom is -0.344 e. The van der Waals surface area contributed by atoms with E-state index in [4.69, 9.17) is 4.99 Å². The molecule has 4 heteroatoms. The van der Waals surface area contributed by atoms with Crippen molar-refractivity contribution in [1.29, 1.82) is 0 Å². The average Bonchev–Trinajstić information content (AvgIpc) is 3.38. The van der Waals surface area contributed by atoms with Crippen molar-refractivity contribution in [1.82, 2.24) is 14.4 Å². The lowest BCUT2D eigenvalue weighted by atomic mass is 9.87. The first-order chi connectivity index (χ1) is 18.7. The summed E-state index contributed by atoms with van der Waals surface area (Å²) in [5.41, 5.74) is 9.53. The Bertz CT molecular complexity index is 1350. The highest BCUT2D eigenvalue weighted by Gasteiger charge is 2.31. The van der Waals surface area contributed by atoms with Crippen molar-refractivity contribution in [3.63, 3.8) is 0 Å². The Hall–Kier alpha value is -3.47. The van der Waals surface area contributed by atoms with Crippen LogP contribution in [0.3, 0.4) is 0 Å². The molecule has 5 rings (SSSR count). The standard InChI is InChI=1S/C34H40N4/c1-5-18-36(19-6-2)24-26-13-15-31-29(23-26)27-14-16-34-30(25-37(20-7-3)21-8-4)28-11-9-10-12-33(28)38(34)22-17-32(27)35-31/h5-13,15,23,27H,1-4,14,16-22,24-25H2. The molecule has 4 nitrogen and oxygen atoms in total. The topological polar surface area (TPSA) is 23.8 Å². The van der Waals surface area contributed by atoms with Crippen LogP contribution in [-0.4, -0.2) is 46.3 Å². The van der Waals surface area contributed by atoms with Gasteiger partial charge in [-0.2, -0.15) is 0 Å². The molecule has 1 unspecified atom stereocenters. The highest BCUT2D eigenvalue weighted by molar-refractivity contribution is 5.98. The molecule has 2 aromatic carbocycles. The molecule has 0 saturated heterocycles. The van der Waals surface area contributed by atoms with Crippen LogP contribution >= 0.6 is 0 Å². The lowest BCUT2D eigenvalue weighted by Gasteiger charge is -2.24. The molecule has 0 fully saturated rings. The maximum absolute atomic E-state index is 5.15. The van der Waals surface area contributed by atoms with Crippen molar-refractivity contribution < 1.29 is 0 Å². The van der Waals surface area contributed by atoms with Crippen LogP contribution in [0.15, 0.2) is 98.1 Å². The van der Waals surface area contributed by atoms with Crippen LogP contribution in [0.5, 0.6) is 0 Å². The summed E-state index contributed by atoms with van der Waals surface area (Å²) in [7, 11) is 0. The van der Waals surface area contributed by atoms with Gasteiger partial charge in [0.2, 0.25) is 0 Å². The van der Waals surface area contributed by atoms with Crippen molar-refractivity contribution in [3.8, 4) is 0 Å². The second-order valence-electron chi connectivity index (χ2n) is 10.5. The van der Waals surface area contributed by atoms with E-state index in [0.717, 1.165) is 70.8 Å². The van der Waals surface area contributed by atoms with Crippen LogP contribution in [-0.2, 0) is 26.1 Å². The molecule has 2 aliphatic heterocycles. The maximum atomic E-state index is 5.15. The van der Waals surface area contributed by atoms with E-state index in [9.17, 15) is 0 Å². The molecule has 0 amide bonds. The zero-order valence-electron chi connectivity index (χ0n) is 22.6. The van der Waals surface area contributed by atoms with E-state index in [0.29, 0.717) is 5.92 Å². The quantitative estimate of drug-likeness (QED) is 0.244. The Kier molecular flexibility index (Phi) is 8.21. The molecule has 0 spiro atoms. The van der Waals surface area contributed by atoms with E-state index in [1.807, 2.05) is 24.3 Å². The number of fused-ring (bicyclic) bond motifs is 6. The molecule has 1 aromatic heterocycles. The first kappa shape index (κ1) is 26.1. The summed E-state index contributed by atoms with van der Waals surface area (Å²) in [6, 6.07) is 15.8. The van der Waals surface area contributed by atoms with E-state index in [-0.39, 0.29) is 0 Å². The number of benzene rings is 2. The highest BCUT2D eigenvalue weighted by Crippen LogP contribution is 2.42. The fourth-order valence-corrected chi connectivity index (χ4v) is 6.32. The Morgan fingerprint density at radius 3 is 2.24 bits per heavy atom. The minimum absolute atomic E-state index is 0.397. The molecule has 0 aliphatic carbocycles. The molecule has 196 valence electrons. The second-order valence-corrected chi connectivity index (χ2v) is 10.5. The number of para-hydroxylation sites is 1. The van der Waals surface area contributed by atoms with E-state index < -0.39 is 0 Å². The van der Waals surface area contributed by atoms with Crippen LogP contribution in [0.4, 0.5) is 5.69 Å². The third kappa shape index (κ3) is 5.24. The van der Waals surface area contributed by atoms with Crippen LogP contribution in [0.25, 0.3) is 10.9 Å². The van der Waals surface area contributed by atoms with E-state index >= 15 is 0 Å². The molecule has 1 atom stereocenters. The van der Waals surface area contributed by atoms with Gasteiger partial charge >= 0.3 is 0 Å². The van der Waals surface area contributed by atoms with Gasteiger partial charge in [-0.15, -0.1) is 26.3 Å². The predicted octanol–water partition coefficient (Wildman–Crippen LogP) is 7.20. The molecule has 38 heavy (non-hydrogen) atoms. The normalized spacial score (nSPS) is 16.4. The van der Waals surface area contributed by atoms with Gasteiger partial charge in [0.1, 0.15) is 0 Å². The monoisotopic (exact) mass is 504 g/mol. The van der Waals surface area contributed by atoms with Crippen molar-refractivity contribution >= 4 is 22.3 Å². The molecule has 2 aliphatic rings. The largest absolute Gasteiger partial charge is 0.344 e. The number of aryl methyl sites for hydroxylation is 1. The van der Waals surface area contributed by atoms with E-state index in [1.165, 1.54) is 39.0 Å². The molecular weight excluding hydrogens is 464 g/mol. The summed E-state index contributed by atoms with van der Waals surface area (Å²) in [6.07, 6.45) is 11.0. The summed E-state index contributed by atoms with van der Waals surface area (Å²) in [6.45, 7) is 22.0. The molecule has 3 heterocycles. The number of aromatic nitrogens is 1. The number of rotatable bonds is 12. The van der Waals surface area contributed by atoms with Gasteiger partial charge in [0.15, 0.2) is 0 Å². The Morgan fingerprint density at radius 2 is 1.53 bits per heavy atom. The molecule has 0 saturated carbocycles. The van der Waals surface area contributed by atoms with E-state index in [2.05, 4.69) is 83.1 Å². The molecule has 0 N–H and O–H groups in total. The van der Waals surface area contributed by atoms with Crippen molar-refractivity contribution in [2.75, 3.05) is 26.2 Å². The lowest BCUT2D eigenvalue weighted by Crippen LogP contribution is -2.25. The minimum atomic E-state index is 0.397. The van der Waals surface area contributed by atoms with Gasteiger partial charge in [0.05, 0.1) is 5.69 Å². The second kappa shape index (κ2) is 11.9. The third-order valence-electron chi connectivity index (χ3n) is 7.93. The fraction of sp³-hybridized carbons (Fsp3) is 0.324. The lowest BCUT2D eigenvalue weighted by molar-refractivity contribution is 0.327. The van der Waals surface area contributed by atoms with Gasteiger partial charge in [0.25, 0.3) is 0 Å². The van der Waals surface area contributed by atoms with Gasteiger partial charge in [-0.25, -0.2) is 0 Å². The summed E-state index contributed by atoms with van der Waals surface area (Å²) >= 11 is 0. The summed E-state index contributed by atoms with van der Waals surface area (Å²) < 4.78 is 2.57. The summed E-state index contributed by atoms with van der Waals surface area (Å²) in [4.78, 5) is 9.93. The van der Waals surface area contributed by atoms with Crippen LogP contribution in [0.2, 0.25) is 0 Å². The Balaban J connectivity index is 1.45. The first-order valence-corrected chi connectivity index (χ1v) is 13.8. The number of nitrogens with zero attached hydrogens (tertiary/aromatic N) is 4. The molecule has 0 bridgehead atoms. The number of hydrogen-bond acceptors (Lipinski definition) is 3. The zero-order chi connectivity index (χ0) is 26.5. The van der Waals surface area contributed by atoms with E-state index in [1.54, 1.807) is 0 Å². The van der Waals surface area contributed by atoms with Gasteiger partial charge in [-0.1, -0.05) is 54.6 Å². The molecular formula is C34H40N4. The van der Waals surface area contributed by atoms with Crippen molar-refractivity contribution in [3.05, 3.63) is 115 Å². The maximum Gasteiger partial charge on any atom is 0.0668 e. The van der Waals surface area contributed by atoms with Gasteiger partial charge in [-0.3, -0.25) is 14.8 Å². The Labute approximate surface area is 228 Å². The van der Waals surface area contributed by atoms with Gasteiger partial charge in [0, 0.05) is 80.5 Å². The van der Waals surface area contributed by atoms with Gasteiger partial charge in [-0.05, 0) is 41.7 Å². The van der Waals surface area contributed by atoms with Crippen LogP contribution < -0.4 is 0 Å². The molecule has 0 radical (unpaired) electrons. The third-order valence-corrected chi connectivity index (χ3v) is 7.93. The molecule has 3 aromatic rings. The van der Waals surface area contributed by atoms with Gasteiger partial charge < -0.3 is 4.57 Å². The Morgan fingerprint density at radius 1 is 0.842 bits per heavy atom. The first-order valence-electron chi connectivity index (χ1n) is 13.8. The smallest absolute Gasteiger partial charge is 0.0668 e. The van der Waals surface area contributed by atoms with Crippen molar-refractivity contribution in [2.24, 2.45) is 4.99 Å². The summed E-state index contributed by atoms with van der Waals surface area (Å²) in [5, 5.41) is 1.38. The fourth-order valence-electron chi connectivity index (χ4n) is 6.32. The predicted molar refractivity (Wildman–Crippen MR) is 162 cm³/mol. The number of aliphatic imine (C=N–C) groups is 1. The average molecular weight is 505 g/mol. The summed E-state index contributed by atoms with van der Waals surface area (Å²) in [5.74, 6) is 0.397. The van der Waals surface area contributed by atoms with Crippen molar-refractivity contribution in [2.45, 2.75) is 44.8 Å². The highest BCUT2D eigenvalue weighted by atomic mass is 15.1. The van der Waals surface area contributed by atoms with Crippen LogP contribution in [0, 0.1) is 0 Å². The SMILES string of the molecule is C=CCN(CC=C)Cc1ccc2c(c1)C1CCc3c(CN(CC=C)CC=C)c4ccccc4n3CCC1=N2.